The molecule has 76 valence electrons. The van der Waals surface area contributed by atoms with Gasteiger partial charge in [-0.3, -0.25) is 0 Å². The van der Waals surface area contributed by atoms with Crippen LogP contribution in [0.3, 0.4) is 0 Å². The largest absolute Gasteiger partial charge is 0.493 e. The summed E-state index contributed by atoms with van der Waals surface area (Å²) in [5, 5.41) is 17.3. The summed E-state index contributed by atoms with van der Waals surface area (Å²) in [5.74, 6) is 0.918. The zero-order chi connectivity index (χ0) is 11.3. The van der Waals surface area contributed by atoms with E-state index in [-0.39, 0.29) is 0 Å². The molecule has 1 aromatic carbocycles. The third-order valence-corrected chi connectivity index (χ3v) is 1.78. The second kappa shape index (κ2) is 4.88. The SMILES string of the molecule is COc1cc(C#N)ccc1O[C@@H](C)C#N. The fourth-order valence-corrected chi connectivity index (χ4v) is 1.05. The average molecular weight is 202 g/mol. The van der Waals surface area contributed by atoms with Gasteiger partial charge in [-0.2, -0.15) is 10.5 Å². The molecule has 0 N–H and O–H groups in total. The Balaban J connectivity index is 3.00. The average Bonchev–Trinajstić information content (AvgIpc) is 2.29. The van der Waals surface area contributed by atoms with Crippen LogP contribution in [0.25, 0.3) is 0 Å². The highest BCUT2D eigenvalue weighted by Gasteiger charge is 2.08. The summed E-state index contributed by atoms with van der Waals surface area (Å²) in [6.07, 6.45) is -0.549. The Morgan fingerprint density at radius 2 is 2.00 bits per heavy atom. The molecule has 1 rings (SSSR count). The van der Waals surface area contributed by atoms with Crippen molar-refractivity contribution < 1.29 is 9.47 Å². The van der Waals surface area contributed by atoms with Crippen LogP contribution in [0, 0.1) is 22.7 Å². The van der Waals surface area contributed by atoms with Gasteiger partial charge in [-0.15, -0.1) is 0 Å². The molecule has 0 heterocycles. The van der Waals surface area contributed by atoms with Crippen molar-refractivity contribution in [3.63, 3.8) is 0 Å². The first-order chi connectivity index (χ1) is 7.21. The predicted molar refractivity (Wildman–Crippen MR) is 53.4 cm³/mol. The smallest absolute Gasteiger partial charge is 0.181 e. The molecule has 1 aromatic rings. The van der Waals surface area contributed by atoms with E-state index >= 15 is 0 Å². The second-order valence-electron chi connectivity index (χ2n) is 2.87. The van der Waals surface area contributed by atoms with Crippen molar-refractivity contribution in [2.45, 2.75) is 13.0 Å². The second-order valence-corrected chi connectivity index (χ2v) is 2.87. The maximum Gasteiger partial charge on any atom is 0.181 e. The molecule has 15 heavy (non-hydrogen) atoms. The molecular weight excluding hydrogens is 192 g/mol. The molecular formula is C11H10N2O2. The number of nitrogens with zero attached hydrogens (tertiary/aromatic N) is 2. The van der Waals surface area contributed by atoms with E-state index in [1.54, 1.807) is 25.1 Å². The lowest BCUT2D eigenvalue weighted by Crippen LogP contribution is -2.09. The van der Waals surface area contributed by atoms with Crippen molar-refractivity contribution in [1.82, 2.24) is 0 Å². The van der Waals surface area contributed by atoms with E-state index in [1.807, 2.05) is 12.1 Å². The molecule has 0 aliphatic heterocycles. The monoisotopic (exact) mass is 202 g/mol. The Hall–Kier alpha value is -2.20. The molecule has 4 nitrogen and oxygen atoms in total. The number of hydrogen-bond acceptors (Lipinski definition) is 4. The molecule has 0 amide bonds. The van der Waals surface area contributed by atoms with Crippen LogP contribution < -0.4 is 9.47 Å². The molecule has 0 fully saturated rings. The first kappa shape index (κ1) is 10.9. The summed E-state index contributed by atoms with van der Waals surface area (Å²) >= 11 is 0. The molecule has 0 aromatic heterocycles. The molecule has 0 radical (unpaired) electrons. The van der Waals surface area contributed by atoms with Crippen LogP contribution in [0.4, 0.5) is 0 Å². The minimum Gasteiger partial charge on any atom is -0.493 e. The zero-order valence-electron chi connectivity index (χ0n) is 8.52. The summed E-state index contributed by atoms with van der Waals surface area (Å²) in [5.41, 5.74) is 0.490. The van der Waals surface area contributed by atoms with Crippen molar-refractivity contribution in [1.29, 1.82) is 10.5 Å². The first-order valence-electron chi connectivity index (χ1n) is 4.35. The van der Waals surface area contributed by atoms with E-state index in [0.29, 0.717) is 17.1 Å². The topological polar surface area (TPSA) is 66.0 Å². The van der Waals surface area contributed by atoms with Crippen LogP contribution in [-0.4, -0.2) is 13.2 Å². The number of nitriles is 2. The highest BCUT2D eigenvalue weighted by Crippen LogP contribution is 2.28. The molecule has 4 heteroatoms. The Morgan fingerprint density at radius 3 is 2.53 bits per heavy atom. The summed E-state index contributed by atoms with van der Waals surface area (Å²) in [7, 11) is 1.49. The number of benzene rings is 1. The number of ether oxygens (including phenoxy) is 2. The van der Waals surface area contributed by atoms with Crippen molar-refractivity contribution in [3.05, 3.63) is 23.8 Å². The van der Waals surface area contributed by atoms with E-state index in [4.69, 9.17) is 20.0 Å². The van der Waals surface area contributed by atoms with Gasteiger partial charge in [-0.05, 0) is 19.1 Å². The standard InChI is InChI=1S/C11H10N2O2/c1-8(6-12)15-10-4-3-9(7-13)5-11(10)14-2/h3-5,8H,1-2H3/t8-/m0/s1. The van der Waals surface area contributed by atoms with Gasteiger partial charge in [0.2, 0.25) is 0 Å². The Morgan fingerprint density at radius 1 is 1.27 bits per heavy atom. The minimum atomic E-state index is -0.549. The normalized spacial score (nSPS) is 10.9. The number of rotatable bonds is 3. The molecule has 0 aliphatic rings. The van der Waals surface area contributed by atoms with Gasteiger partial charge in [0.05, 0.1) is 18.7 Å². The number of methoxy groups -OCH3 is 1. The lowest BCUT2D eigenvalue weighted by Gasteiger charge is -2.11. The maximum absolute atomic E-state index is 8.68. The lowest BCUT2D eigenvalue weighted by atomic mass is 10.2. The van der Waals surface area contributed by atoms with Gasteiger partial charge in [0.1, 0.15) is 6.07 Å². The van der Waals surface area contributed by atoms with Crippen LogP contribution in [0.15, 0.2) is 18.2 Å². The fraction of sp³-hybridized carbons (Fsp3) is 0.273. The van der Waals surface area contributed by atoms with Crippen LogP contribution in [-0.2, 0) is 0 Å². The summed E-state index contributed by atoms with van der Waals surface area (Å²) in [6, 6.07) is 8.74. The van der Waals surface area contributed by atoms with Gasteiger partial charge in [0, 0.05) is 6.07 Å². The molecule has 0 bridgehead atoms. The van der Waals surface area contributed by atoms with Gasteiger partial charge in [0.25, 0.3) is 0 Å². The molecule has 0 spiro atoms. The summed E-state index contributed by atoms with van der Waals surface area (Å²) in [4.78, 5) is 0. The van der Waals surface area contributed by atoms with Crippen molar-refractivity contribution in [3.8, 4) is 23.6 Å². The first-order valence-corrected chi connectivity index (χ1v) is 4.35. The molecule has 0 unspecified atom stereocenters. The summed E-state index contributed by atoms with van der Waals surface area (Å²) < 4.78 is 10.3. The number of hydrogen-bond donors (Lipinski definition) is 0. The lowest BCUT2D eigenvalue weighted by molar-refractivity contribution is 0.260. The van der Waals surface area contributed by atoms with E-state index < -0.39 is 6.10 Å². The zero-order valence-corrected chi connectivity index (χ0v) is 8.52. The van der Waals surface area contributed by atoms with Gasteiger partial charge in [-0.1, -0.05) is 0 Å². The van der Waals surface area contributed by atoms with Crippen LogP contribution in [0.5, 0.6) is 11.5 Å². The predicted octanol–water partition coefficient (Wildman–Crippen LogP) is 1.86. The van der Waals surface area contributed by atoms with Gasteiger partial charge < -0.3 is 9.47 Å². The highest BCUT2D eigenvalue weighted by atomic mass is 16.5. The Bertz CT molecular complexity index is 429. The van der Waals surface area contributed by atoms with Crippen LogP contribution in [0.2, 0.25) is 0 Å². The van der Waals surface area contributed by atoms with Gasteiger partial charge in [-0.25, -0.2) is 0 Å². The Labute approximate surface area is 88.3 Å². The quantitative estimate of drug-likeness (QED) is 0.750. The van der Waals surface area contributed by atoms with Gasteiger partial charge in [0.15, 0.2) is 17.6 Å². The Kier molecular flexibility index (Phi) is 3.54. The van der Waals surface area contributed by atoms with E-state index in [0.717, 1.165) is 0 Å². The molecule has 0 saturated heterocycles. The molecule has 0 aliphatic carbocycles. The van der Waals surface area contributed by atoms with E-state index in [9.17, 15) is 0 Å². The maximum atomic E-state index is 8.68. The highest BCUT2D eigenvalue weighted by molar-refractivity contribution is 5.46. The van der Waals surface area contributed by atoms with E-state index in [1.165, 1.54) is 7.11 Å². The molecule has 1 atom stereocenters. The molecule has 0 saturated carbocycles. The van der Waals surface area contributed by atoms with Gasteiger partial charge >= 0.3 is 0 Å². The van der Waals surface area contributed by atoms with Crippen LogP contribution in [0.1, 0.15) is 12.5 Å². The van der Waals surface area contributed by atoms with Crippen molar-refractivity contribution >= 4 is 0 Å². The van der Waals surface area contributed by atoms with Crippen molar-refractivity contribution in [2.24, 2.45) is 0 Å². The summed E-state index contributed by atoms with van der Waals surface area (Å²) in [6.45, 7) is 1.64. The van der Waals surface area contributed by atoms with Crippen molar-refractivity contribution in [2.75, 3.05) is 7.11 Å². The van der Waals surface area contributed by atoms with E-state index in [2.05, 4.69) is 0 Å². The third kappa shape index (κ3) is 2.62. The minimum absolute atomic E-state index is 0.455. The third-order valence-electron chi connectivity index (χ3n) is 1.78. The fourth-order valence-electron chi connectivity index (χ4n) is 1.05. The van der Waals surface area contributed by atoms with Crippen LogP contribution >= 0.6 is 0 Å².